The molecule has 0 unspecified atom stereocenters. The predicted octanol–water partition coefficient (Wildman–Crippen LogP) is 4.68. The van der Waals surface area contributed by atoms with Crippen LogP contribution in [0.15, 0.2) is 36.7 Å². The normalized spacial score (nSPS) is 11.4. The summed E-state index contributed by atoms with van der Waals surface area (Å²) in [5.74, 6) is 0.646. The first-order valence-corrected chi connectivity index (χ1v) is 8.46. The number of ether oxygens (including phenoxy) is 1. The van der Waals surface area contributed by atoms with Crippen LogP contribution < -0.4 is 10.1 Å². The van der Waals surface area contributed by atoms with Crippen molar-refractivity contribution in [1.29, 1.82) is 0 Å². The molecule has 0 saturated heterocycles. The van der Waals surface area contributed by atoms with Crippen molar-refractivity contribution in [3.63, 3.8) is 0 Å². The first kappa shape index (κ1) is 17.4. The van der Waals surface area contributed by atoms with Gasteiger partial charge in [0.25, 0.3) is 0 Å². The third kappa shape index (κ3) is 3.48. The molecule has 0 aliphatic rings. The fraction of sp³-hybridized carbons (Fsp3) is 0.167. The number of alkyl halides is 2. The van der Waals surface area contributed by atoms with Gasteiger partial charge in [-0.15, -0.1) is 0 Å². The lowest BCUT2D eigenvalue weighted by atomic mass is 10.1. The largest absolute Gasteiger partial charge is 0.433 e. The predicted molar refractivity (Wildman–Crippen MR) is 99.3 cm³/mol. The molecule has 138 valence electrons. The number of halogens is 3. The number of H-pyrrole nitrogens is 1. The molecule has 0 spiro atoms. The van der Waals surface area contributed by atoms with Crippen LogP contribution in [0.5, 0.6) is 5.75 Å². The van der Waals surface area contributed by atoms with Crippen LogP contribution in [0.3, 0.4) is 0 Å². The zero-order chi connectivity index (χ0) is 19.0. The van der Waals surface area contributed by atoms with Crippen LogP contribution in [0.25, 0.3) is 22.1 Å². The minimum absolute atomic E-state index is 0.112. The van der Waals surface area contributed by atoms with E-state index in [4.69, 9.17) is 11.6 Å². The lowest BCUT2D eigenvalue weighted by Gasteiger charge is -2.11. The third-order valence-electron chi connectivity index (χ3n) is 4.13. The number of aromatic nitrogens is 4. The fourth-order valence-electron chi connectivity index (χ4n) is 2.96. The summed E-state index contributed by atoms with van der Waals surface area (Å²) in [6.07, 6.45) is 3.36. The van der Waals surface area contributed by atoms with Crippen molar-refractivity contribution in [2.24, 2.45) is 0 Å². The first-order valence-electron chi connectivity index (χ1n) is 8.09. The van der Waals surface area contributed by atoms with Crippen molar-refractivity contribution in [2.75, 3.05) is 5.32 Å². The van der Waals surface area contributed by atoms with Gasteiger partial charge in [0.05, 0.1) is 11.7 Å². The molecule has 0 fully saturated rings. The number of hydrogen-bond acceptors (Lipinski definition) is 5. The van der Waals surface area contributed by atoms with Gasteiger partial charge >= 0.3 is 6.61 Å². The van der Waals surface area contributed by atoms with E-state index in [-0.39, 0.29) is 5.75 Å². The number of anilines is 1. The van der Waals surface area contributed by atoms with E-state index in [0.717, 1.165) is 16.5 Å². The smallest absolute Gasteiger partial charge is 0.387 e. The lowest BCUT2D eigenvalue weighted by molar-refractivity contribution is -0.0489. The summed E-state index contributed by atoms with van der Waals surface area (Å²) in [6.45, 7) is -0.561. The van der Waals surface area contributed by atoms with Crippen molar-refractivity contribution in [2.45, 2.75) is 20.1 Å². The molecule has 0 aliphatic heterocycles. The second kappa shape index (κ2) is 6.96. The van der Waals surface area contributed by atoms with E-state index in [0.29, 0.717) is 34.2 Å². The Morgan fingerprint density at radius 2 is 2.07 bits per heavy atom. The molecule has 0 amide bonds. The number of pyridine rings is 1. The number of fused-ring (bicyclic) bond motifs is 2. The second-order valence-electron chi connectivity index (χ2n) is 5.91. The maximum Gasteiger partial charge on any atom is 0.387 e. The number of aromatic amines is 1. The number of benzene rings is 1. The van der Waals surface area contributed by atoms with Crippen LogP contribution >= 0.6 is 11.6 Å². The second-order valence-corrected chi connectivity index (χ2v) is 6.30. The van der Waals surface area contributed by atoms with Crippen LogP contribution in [0.1, 0.15) is 11.1 Å². The van der Waals surface area contributed by atoms with E-state index in [1.807, 2.05) is 6.92 Å². The molecular formula is C18H14ClF2N5O. The Kier molecular flexibility index (Phi) is 4.49. The van der Waals surface area contributed by atoms with E-state index in [1.165, 1.54) is 6.07 Å². The van der Waals surface area contributed by atoms with E-state index < -0.39 is 6.61 Å². The molecule has 0 saturated carbocycles. The summed E-state index contributed by atoms with van der Waals surface area (Å²) < 4.78 is 29.8. The topological polar surface area (TPSA) is 75.7 Å². The molecule has 0 atom stereocenters. The van der Waals surface area contributed by atoms with Crippen molar-refractivity contribution >= 4 is 39.5 Å². The van der Waals surface area contributed by atoms with Crippen molar-refractivity contribution < 1.29 is 13.5 Å². The standard InChI is InChI=1S/C18H14ClF2N5O/c1-9-6-24-16-12(27-18(20)21)4-2-10(15(9)16)7-23-14-8-22-11-3-5-13(19)25-17(11)26-14/h2-6,8,18,24H,7H2,1H3,(H,23,25,26). The van der Waals surface area contributed by atoms with Gasteiger partial charge in [0.15, 0.2) is 5.65 Å². The van der Waals surface area contributed by atoms with Gasteiger partial charge in [0, 0.05) is 18.1 Å². The quantitative estimate of drug-likeness (QED) is 0.485. The van der Waals surface area contributed by atoms with E-state index in [1.54, 1.807) is 30.6 Å². The van der Waals surface area contributed by atoms with Gasteiger partial charge in [0.2, 0.25) is 0 Å². The first-order chi connectivity index (χ1) is 13.0. The molecule has 2 N–H and O–H groups in total. The Balaban J connectivity index is 1.63. The van der Waals surface area contributed by atoms with Gasteiger partial charge in [-0.2, -0.15) is 8.78 Å². The lowest BCUT2D eigenvalue weighted by Crippen LogP contribution is -2.05. The Hall–Kier alpha value is -3.00. The summed E-state index contributed by atoms with van der Waals surface area (Å²) in [5, 5.41) is 4.35. The average molecular weight is 390 g/mol. The highest BCUT2D eigenvalue weighted by Gasteiger charge is 2.14. The Morgan fingerprint density at radius 3 is 2.89 bits per heavy atom. The molecule has 4 rings (SSSR count). The molecule has 27 heavy (non-hydrogen) atoms. The van der Waals surface area contributed by atoms with E-state index in [2.05, 4.69) is 30.0 Å². The average Bonchev–Trinajstić information content (AvgIpc) is 3.03. The van der Waals surface area contributed by atoms with E-state index >= 15 is 0 Å². The van der Waals surface area contributed by atoms with Crippen LogP contribution in [-0.2, 0) is 6.54 Å². The van der Waals surface area contributed by atoms with Gasteiger partial charge in [0.1, 0.15) is 22.2 Å². The summed E-state index contributed by atoms with van der Waals surface area (Å²) in [7, 11) is 0. The molecule has 1 aromatic carbocycles. The number of aryl methyl sites for hydroxylation is 1. The van der Waals surface area contributed by atoms with Crippen LogP contribution in [-0.4, -0.2) is 26.5 Å². The zero-order valence-electron chi connectivity index (χ0n) is 14.1. The van der Waals surface area contributed by atoms with Gasteiger partial charge < -0.3 is 15.0 Å². The molecule has 9 heteroatoms. The van der Waals surface area contributed by atoms with Gasteiger partial charge in [-0.3, -0.25) is 0 Å². The molecule has 4 aromatic rings. The number of rotatable bonds is 5. The number of hydrogen-bond donors (Lipinski definition) is 2. The van der Waals surface area contributed by atoms with Crippen LogP contribution in [0.4, 0.5) is 14.6 Å². The van der Waals surface area contributed by atoms with E-state index in [9.17, 15) is 8.78 Å². The summed E-state index contributed by atoms with van der Waals surface area (Å²) in [6, 6.07) is 6.67. The maximum atomic E-state index is 12.6. The molecule has 0 radical (unpaired) electrons. The van der Waals surface area contributed by atoms with Gasteiger partial charge in [-0.25, -0.2) is 15.0 Å². The maximum absolute atomic E-state index is 12.6. The molecule has 6 nitrogen and oxygen atoms in total. The van der Waals surface area contributed by atoms with Crippen molar-refractivity contribution in [3.8, 4) is 5.75 Å². The molecular weight excluding hydrogens is 376 g/mol. The Labute approximate surface area is 157 Å². The fourth-order valence-corrected chi connectivity index (χ4v) is 3.10. The third-order valence-corrected chi connectivity index (χ3v) is 4.34. The van der Waals surface area contributed by atoms with Crippen LogP contribution in [0, 0.1) is 6.92 Å². The Morgan fingerprint density at radius 1 is 1.22 bits per heavy atom. The number of nitrogens with one attached hydrogen (secondary N) is 2. The summed E-state index contributed by atoms with van der Waals surface area (Å²) in [4.78, 5) is 15.8. The molecule has 3 heterocycles. The van der Waals surface area contributed by atoms with Crippen molar-refractivity contribution in [1.82, 2.24) is 19.9 Å². The highest BCUT2D eigenvalue weighted by Crippen LogP contribution is 2.31. The number of nitrogens with zero attached hydrogens (tertiary/aromatic N) is 3. The highest BCUT2D eigenvalue weighted by molar-refractivity contribution is 6.29. The highest BCUT2D eigenvalue weighted by atomic mass is 35.5. The molecule has 0 bridgehead atoms. The zero-order valence-corrected chi connectivity index (χ0v) is 14.9. The van der Waals surface area contributed by atoms with Crippen molar-refractivity contribution in [3.05, 3.63) is 52.9 Å². The molecule has 3 aromatic heterocycles. The summed E-state index contributed by atoms with van der Waals surface area (Å²) >= 11 is 5.90. The molecule has 0 aliphatic carbocycles. The van der Waals surface area contributed by atoms with Crippen LogP contribution in [0.2, 0.25) is 5.15 Å². The summed E-state index contributed by atoms with van der Waals surface area (Å²) in [5.41, 5.74) is 3.45. The minimum Gasteiger partial charge on any atom is -0.433 e. The van der Waals surface area contributed by atoms with Gasteiger partial charge in [-0.1, -0.05) is 17.7 Å². The Bertz CT molecular complexity index is 1130. The minimum atomic E-state index is -2.88. The SMILES string of the molecule is Cc1c[nH]c2c(OC(F)F)ccc(CNc3cnc4ccc(Cl)nc4n3)c12. The monoisotopic (exact) mass is 389 g/mol. The van der Waals surface area contributed by atoms with Gasteiger partial charge in [-0.05, 0) is 36.2 Å².